The van der Waals surface area contributed by atoms with Gasteiger partial charge in [-0.15, -0.1) is 0 Å². The molecule has 0 unspecified atom stereocenters. The SMILES string of the molecule is COC(=O)CCCOc1cc(C(F)(F)F)ccc1C(=O)O. The van der Waals surface area contributed by atoms with Gasteiger partial charge in [-0.1, -0.05) is 0 Å². The van der Waals surface area contributed by atoms with E-state index in [0.717, 1.165) is 6.07 Å². The summed E-state index contributed by atoms with van der Waals surface area (Å²) in [7, 11) is 1.21. The summed E-state index contributed by atoms with van der Waals surface area (Å²) in [5, 5.41) is 8.91. The van der Waals surface area contributed by atoms with Crippen molar-refractivity contribution in [3.8, 4) is 5.75 Å². The number of aromatic carboxylic acids is 1. The molecule has 0 heterocycles. The van der Waals surface area contributed by atoms with Crippen molar-refractivity contribution in [1.82, 2.24) is 0 Å². The van der Waals surface area contributed by atoms with Gasteiger partial charge in [0.1, 0.15) is 11.3 Å². The maximum atomic E-state index is 12.6. The topological polar surface area (TPSA) is 72.8 Å². The van der Waals surface area contributed by atoms with Gasteiger partial charge in [-0.2, -0.15) is 13.2 Å². The highest BCUT2D eigenvalue weighted by atomic mass is 19.4. The number of benzene rings is 1. The van der Waals surface area contributed by atoms with Gasteiger partial charge >= 0.3 is 18.1 Å². The van der Waals surface area contributed by atoms with Crippen LogP contribution in [0.25, 0.3) is 0 Å². The zero-order chi connectivity index (χ0) is 16.0. The van der Waals surface area contributed by atoms with Crippen LogP contribution in [0.4, 0.5) is 13.2 Å². The second-order valence-electron chi connectivity index (χ2n) is 4.04. The Labute approximate surface area is 118 Å². The molecule has 0 aliphatic heterocycles. The number of hydrogen-bond acceptors (Lipinski definition) is 4. The molecular formula is C13H13F3O5. The molecule has 0 spiro atoms. The molecule has 0 saturated heterocycles. The Morgan fingerprint density at radius 1 is 1.29 bits per heavy atom. The first kappa shape index (κ1) is 16.8. The first-order chi connectivity index (χ1) is 9.75. The summed E-state index contributed by atoms with van der Waals surface area (Å²) in [6, 6.07) is 2.13. The smallest absolute Gasteiger partial charge is 0.416 e. The number of carbonyl (C=O) groups excluding carboxylic acids is 1. The van der Waals surface area contributed by atoms with Crippen molar-refractivity contribution in [2.45, 2.75) is 19.0 Å². The van der Waals surface area contributed by atoms with Crippen molar-refractivity contribution in [2.75, 3.05) is 13.7 Å². The van der Waals surface area contributed by atoms with E-state index >= 15 is 0 Å². The highest BCUT2D eigenvalue weighted by Gasteiger charge is 2.31. The molecule has 21 heavy (non-hydrogen) atoms. The third kappa shape index (κ3) is 4.97. The quantitative estimate of drug-likeness (QED) is 0.646. The summed E-state index contributed by atoms with van der Waals surface area (Å²) in [4.78, 5) is 21.8. The van der Waals surface area contributed by atoms with Crippen LogP contribution >= 0.6 is 0 Å². The predicted molar refractivity (Wildman–Crippen MR) is 65.1 cm³/mol. The van der Waals surface area contributed by atoms with Gasteiger partial charge in [0.15, 0.2) is 0 Å². The molecule has 1 N–H and O–H groups in total. The van der Waals surface area contributed by atoms with Gasteiger partial charge in [-0.25, -0.2) is 4.79 Å². The number of carbonyl (C=O) groups is 2. The largest absolute Gasteiger partial charge is 0.493 e. The number of alkyl halides is 3. The number of esters is 1. The van der Waals surface area contributed by atoms with E-state index in [1.165, 1.54) is 7.11 Å². The maximum Gasteiger partial charge on any atom is 0.416 e. The van der Waals surface area contributed by atoms with Crippen molar-refractivity contribution in [3.05, 3.63) is 29.3 Å². The number of hydrogen-bond donors (Lipinski definition) is 1. The summed E-state index contributed by atoms with van der Waals surface area (Å²) < 4.78 is 47.2. The van der Waals surface area contributed by atoms with Crippen LogP contribution in [-0.2, 0) is 15.7 Å². The Morgan fingerprint density at radius 2 is 1.95 bits per heavy atom. The highest BCUT2D eigenvalue weighted by Crippen LogP contribution is 2.33. The summed E-state index contributed by atoms with van der Waals surface area (Å²) in [6.07, 6.45) is -4.37. The van der Waals surface area contributed by atoms with Gasteiger partial charge in [0.2, 0.25) is 0 Å². The van der Waals surface area contributed by atoms with Crippen LogP contribution in [0.2, 0.25) is 0 Å². The van der Waals surface area contributed by atoms with Gasteiger partial charge in [0.05, 0.1) is 19.3 Å². The average molecular weight is 306 g/mol. The number of rotatable bonds is 6. The number of methoxy groups -OCH3 is 1. The molecule has 0 aliphatic rings. The monoisotopic (exact) mass is 306 g/mol. The zero-order valence-corrected chi connectivity index (χ0v) is 11.1. The van der Waals surface area contributed by atoms with Crippen LogP contribution in [0, 0.1) is 0 Å². The number of ether oxygens (including phenoxy) is 2. The van der Waals surface area contributed by atoms with Gasteiger partial charge < -0.3 is 14.6 Å². The summed E-state index contributed by atoms with van der Waals surface area (Å²) in [5.41, 5.74) is -1.38. The molecule has 0 atom stereocenters. The molecule has 0 saturated carbocycles. The van der Waals surface area contributed by atoms with Crippen molar-refractivity contribution in [3.63, 3.8) is 0 Å². The predicted octanol–water partition coefficient (Wildman–Crippen LogP) is 2.74. The van der Waals surface area contributed by atoms with Crippen molar-refractivity contribution < 1.29 is 37.3 Å². The minimum Gasteiger partial charge on any atom is -0.493 e. The molecule has 0 amide bonds. The minimum absolute atomic E-state index is 0.0257. The van der Waals surface area contributed by atoms with E-state index in [0.29, 0.717) is 12.1 Å². The number of carboxylic acids is 1. The van der Waals surface area contributed by atoms with E-state index in [1.807, 2.05) is 0 Å². The lowest BCUT2D eigenvalue weighted by Gasteiger charge is -2.12. The third-order valence-electron chi connectivity index (χ3n) is 2.55. The van der Waals surface area contributed by atoms with Crippen LogP contribution in [0.3, 0.4) is 0 Å². The Morgan fingerprint density at radius 3 is 2.48 bits per heavy atom. The molecule has 0 radical (unpaired) electrons. The molecule has 1 aromatic rings. The van der Waals surface area contributed by atoms with Gasteiger partial charge in [0.25, 0.3) is 0 Å². The zero-order valence-electron chi connectivity index (χ0n) is 11.1. The molecule has 5 nitrogen and oxygen atoms in total. The van der Waals surface area contributed by atoms with E-state index in [1.54, 1.807) is 0 Å². The summed E-state index contributed by atoms with van der Waals surface area (Å²) in [5.74, 6) is -2.27. The molecule has 116 valence electrons. The summed E-state index contributed by atoms with van der Waals surface area (Å²) in [6.45, 7) is -0.101. The van der Waals surface area contributed by atoms with Crippen molar-refractivity contribution in [1.29, 1.82) is 0 Å². The average Bonchev–Trinajstić information content (AvgIpc) is 2.41. The molecule has 0 aliphatic carbocycles. The van der Waals surface area contributed by atoms with Crippen LogP contribution in [0.1, 0.15) is 28.8 Å². The minimum atomic E-state index is -4.60. The maximum absolute atomic E-state index is 12.6. The molecule has 0 fully saturated rings. The highest BCUT2D eigenvalue weighted by molar-refractivity contribution is 5.91. The number of halogens is 3. The second-order valence-corrected chi connectivity index (χ2v) is 4.04. The molecular weight excluding hydrogens is 293 g/mol. The lowest BCUT2D eigenvalue weighted by molar-refractivity contribution is -0.140. The number of carboxylic acid groups (broad SMARTS) is 1. The van der Waals surface area contributed by atoms with Crippen LogP contribution in [0.5, 0.6) is 5.75 Å². The van der Waals surface area contributed by atoms with Crippen LogP contribution < -0.4 is 4.74 Å². The summed E-state index contributed by atoms with van der Waals surface area (Å²) >= 11 is 0. The van der Waals surface area contributed by atoms with Crippen LogP contribution in [-0.4, -0.2) is 30.8 Å². The first-order valence-electron chi connectivity index (χ1n) is 5.90. The fourth-order valence-corrected chi connectivity index (χ4v) is 1.50. The van der Waals surface area contributed by atoms with Crippen molar-refractivity contribution in [2.24, 2.45) is 0 Å². The second kappa shape index (κ2) is 6.96. The van der Waals surface area contributed by atoms with E-state index < -0.39 is 23.7 Å². The Balaban J connectivity index is 2.82. The molecule has 0 aromatic heterocycles. The third-order valence-corrected chi connectivity index (χ3v) is 2.55. The molecule has 1 rings (SSSR count). The fraction of sp³-hybridized carbons (Fsp3) is 0.385. The van der Waals surface area contributed by atoms with E-state index in [-0.39, 0.29) is 30.8 Å². The Hall–Kier alpha value is -2.25. The lowest BCUT2D eigenvalue weighted by Crippen LogP contribution is -2.10. The Bertz CT molecular complexity index is 525. The first-order valence-corrected chi connectivity index (χ1v) is 5.90. The van der Waals surface area contributed by atoms with Gasteiger partial charge in [-0.05, 0) is 24.6 Å². The van der Waals surface area contributed by atoms with E-state index in [2.05, 4.69) is 4.74 Å². The van der Waals surface area contributed by atoms with E-state index in [4.69, 9.17) is 9.84 Å². The molecule has 0 bridgehead atoms. The lowest BCUT2D eigenvalue weighted by atomic mass is 10.1. The van der Waals surface area contributed by atoms with E-state index in [9.17, 15) is 22.8 Å². The van der Waals surface area contributed by atoms with Crippen LogP contribution in [0.15, 0.2) is 18.2 Å². The standard InChI is InChI=1S/C13H13F3O5/c1-20-11(17)3-2-6-21-10-7-8(13(14,15)16)4-5-9(10)12(18)19/h4-5,7H,2-3,6H2,1H3,(H,18,19). The molecule has 1 aromatic carbocycles. The Kier molecular flexibility index (Phi) is 5.57. The van der Waals surface area contributed by atoms with Gasteiger partial charge in [0, 0.05) is 6.42 Å². The molecule has 8 heteroatoms. The van der Waals surface area contributed by atoms with Gasteiger partial charge in [-0.3, -0.25) is 4.79 Å². The normalized spacial score (nSPS) is 11.0. The van der Waals surface area contributed by atoms with Crippen molar-refractivity contribution >= 4 is 11.9 Å². The fourth-order valence-electron chi connectivity index (χ4n) is 1.50.